The van der Waals surface area contributed by atoms with Crippen LogP contribution < -0.4 is 0 Å². The molecule has 0 saturated carbocycles. The lowest BCUT2D eigenvalue weighted by molar-refractivity contribution is 0.648. The van der Waals surface area contributed by atoms with Crippen LogP contribution in [0.5, 0.6) is 0 Å². The number of thiazole rings is 1. The lowest BCUT2D eigenvalue weighted by atomic mass is 10.0. The molecule has 20 heavy (non-hydrogen) atoms. The Labute approximate surface area is 124 Å². The van der Waals surface area contributed by atoms with Crippen LogP contribution in [0.3, 0.4) is 0 Å². The van der Waals surface area contributed by atoms with Crippen LogP contribution >= 0.6 is 11.3 Å². The number of aromatic nitrogens is 1. The maximum absolute atomic E-state index is 4.75. The fraction of sp³-hybridized carbons (Fsp3) is 0.278. The molecule has 102 valence electrons. The third-order valence-electron chi connectivity index (χ3n) is 3.34. The molecule has 0 saturated heterocycles. The highest BCUT2D eigenvalue weighted by molar-refractivity contribution is 7.18. The van der Waals surface area contributed by atoms with E-state index in [1.54, 1.807) is 0 Å². The summed E-state index contributed by atoms with van der Waals surface area (Å²) in [6.07, 6.45) is 2.07. The van der Waals surface area contributed by atoms with Gasteiger partial charge in [-0.25, -0.2) is 4.98 Å². The summed E-state index contributed by atoms with van der Waals surface area (Å²) in [6, 6.07) is 17.2. The monoisotopic (exact) mass is 281 g/mol. The molecule has 0 atom stereocenters. The van der Waals surface area contributed by atoms with Gasteiger partial charge < -0.3 is 0 Å². The van der Waals surface area contributed by atoms with Gasteiger partial charge in [0.1, 0.15) is 0 Å². The minimum Gasteiger partial charge on any atom is -0.241 e. The van der Waals surface area contributed by atoms with Crippen LogP contribution in [0.2, 0.25) is 0 Å². The molecule has 2 heteroatoms. The van der Waals surface area contributed by atoms with Crippen LogP contribution in [0, 0.1) is 5.92 Å². The van der Waals surface area contributed by atoms with Crippen molar-refractivity contribution in [2.24, 2.45) is 5.92 Å². The summed E-state index contributed by atoms with van der Waals surface area (Å²) >= 11 is 1.82. The lowest BCUT2D eigenvalue weighted by Crippen LogP contribution is -1.92. The molecule has 1 heterocycles. The minimum atomic E-state index is 0.698. The lowest BCUT2D eigenvalue weighted by Gasteiger charge is -2.03. The minimum absolute atomic E-state index is 0.698. The molecule has 3 aromatic rings. The largest absolute Gasteiger partial charge is 0.241 e. The quantitative estimate of drug-likeness (QED) is 0.649. The summed E-state index contributed by atoms with van der Waals surface area (Å²) in [6.45, 7) is 4.52. The van der Waals surface area contributed by atoms with Gasteiger partial charge in [-0.2, -0.15) is 0 Å². The van der Waals surface area contributed by atoms with Crippen molar-refractivity contribution in [3.8, 4) is 0 Å². The second kappa shape index (κ2) is 5.76. The molecule has 3 rings (SSSR count). The van der Waals surface area contributed by atoms with Crippen LogP contribution in [0.15, 0.2) is 48.5 Å². The fourth-order valence-electron chi connectivity index (χ4n) is 2.46. The SMILES string of the molecule is CC(C)Cc1ccc2nc(Cc3ccccc3)sc2c1. The fourth-order valence-corrected chi connectivity index (χ4v) is 3.53. The van der Waals surface area contributed by atoms with E-state index in [0.29, 0.717) is 5.92 Å². The van der Waals surface area contributed by atoms with Gasteiger partial charge in [0.25, 0.3) is 0 Å². The Morgan fingerprint density at radius 1 is 1.00 bits per heavy atom. The van der Waals surface area contributed by atoms with Crippen molar-refractivity contribution in [3.63, 3.8) is 0 Å². The maximum Gasteiger partial charge on any atom is 0.0982 e. The number of fused-ring (bicyclic) bond motifs is 1. The molecular formula is C18H19NS. The zero-order chi connectivity index (χ0) is 13.9. The average Bonchev–Trinajstić information content (AvgIpc) is 2.80. The number of hydrogen-bond acceptors (Lipinski definition) is 2. The van der Waals surface area contributed by atoms with Gasteiger partial charge in [-0.05, 0) is 35.6 Å². The van der Waals surface area contributed by atoms with Gasteiger partial charge in [-0.3, -0.25) is 0 Å². The predicted octanol–water partition coefficient (Wildman–Crippen LogP) is 5.09. The summed E-state index contributed by atoms with van der Waals surface area (Å²) < 4.78 is 1.31. The van der Waals surface area contributed by atoms with E-state index < -0.39 is 0 Å². The maximum atomic E-state index is 4.75. The molecule has 1 aromatic heterocycles. The molecule has 2 aromatic carbocycles. The molecule has 0 spiro atoms. The zero-order valence-corrected chi connectivity index (χ0v) is 12.8. The van der Waals surface area contributed by atoms with E-state index in [1.165, 1.54) is 20.8 Å². The molecule has 0 aliphatic carbocycles. The van der Waals surface area contributed by atoms with Crippen molar-refractivity contribution >= 4 is 21.6 Å². The Hall–Kier alpha value is -1.67. The van der Waals surface area contributed by atoms with Crippen molar-refractivity contribution in [2.75, 3.05) is 0 Å². The topological polar surface area (TPSA) is 12.9 Å². The van der Waals surface area contributed by atoms with Crippen LogP contribution in [0.25, 0.3) is 10.2 Å². The van der Waals surface area contributed by atoms with E-state index in [9.17, 15) is 0 Å². The van der Waals surface area contributed by atoms with Crippen molar-refractivity contribution in [1.82, 2.24) is 4.98 Å². The molecule has 0 aliphatic rings. The summed E-state index contributed by atoms with van der Waals surface area (Å²) in [4.78, 5) is 4.75. The third kappa shape index (κ3) is 3.07. The summed E-state index contributed by atoms with van der Waals surface area (Å²) in [5.41, 5.74) is 3.88. The second-order valence-electron chi connectivity index (χ2n) is 5.67. The van der Waals surface area contributed by atoms with Crippen molar-refractivity contribution in [1.29, 1.82) is 0 Å². The summed E-state index contributed by atoms with van der Waals surface area (Å²) in [5, 5.41) is 1.20. The second-order valence-corrected chi connectivity index (χ2v) is 6.79. The molecule has 0 N–H and O–H groups in total. The van der Waals surface area contributed by atoms with Crippen LogP contribution in [-0.4, -0.2) is 4.98 Å². The van der Waals surface area contributed by atoms with Crippen LogP contribution in [0.4, 0.5) is 0 Å². The molecule has 0 aliphatic heterocycles. The first-order chi connectivity index (χ1) is 9.70. The van der Waals surface area contributed by atoms with E-state index in [-0.39, 0.29) is 0 Å². The van der Waals surface area contributed by atoms with Gasteiger partial charge in [-0.15, -0.1) is 11.3 Å². The number of benzene rings is 2. The molecule has 1 nitrogen and oxygen atoms in total. The zero-order valence-electron chi connectivity index (χ0n) is 12.0. The Morgan fingerprint density at radius 3 is 2.55 bits per heavy atom. The van der Waals surface area contributed by atoms with Crippen molar-refractivity contribution < 1.29 is 0 Å². The van der Waals surface area contributed by atoms with Crippen molar-refractivity contribution in [2.45, 2.75) is 26.7 Å². The molecular weight excluding hydrogens is 262 g/mol. The van der Waals surface area contributed by atoms with Crippen LogP contribution in [-0.2, 0) is 12.8 Å². The van der Waals surface area contributed by atoms with Gasteiger partial charge >= 0.3 is 0 Å². The van der Waals surface area contributed by atoms with Gasteiger partial charge in [0.2, 0.25) is 0 Å². The first-order valence-electron chi connectivity index (χ1n) is 7.13. The Bertz CT molecular complexity index is 698. The van der Waals surface area contributed by atoms with E-state index in [4.69, 9.17) is 4.98 Å². The highest BCUT2D eigenvalue weighted by Gasteiger charge is 2.06. The first kappa shape index (κ1) is 13.3. The normalized spacial score (nSPS) is 11.3. The predicted molar refractivity (Wildman–Crippen MR) is 87.4 cm³/mol. The van der Waals surface area contributed by atoms with Crippen LogP contribution in [0.1, 0.15) is 30.0 Å². The van der Waals surface area contributed by atoms with Gasteiger partial charge in [0.15, 0.2) is 0 Å². The highest BCUT2D eigenvalue weighted by atomic mass is 32.1. The number of nitrogens with zero attached hydrogens (tertiary/aromatic N) is 1. The molecule has 0 bridgehead atoms. The highest BCUT2D eigenvalue weighted by Crippen LogP contribution is 2.26. The summed E-state index contributed by atoms with van der Waals surface area (Å²) in [7, 11) is 0. The van der Waals surface area contributed by atoms with Gasteiger partial charge in [0, 0.05) is 6.42 Å². The standard InChI is InChI=1S/C18H19NS/c1-13(2)10-15-8-9-16-17(11-15)20-18(19-16)12-14-6-4-3-5-7-14/h3-9,11,13H,10,12H2,1-2H3. The van der Waals surface area contributed by atoms with Gasteiger partial charge in [0.05, 0.1) is 15.2 Å². The third-order valence-corrected chi connectivity index (χ3v) is 4.36. The first-order valence-corrected chi connectivity index (χ1v) is 7.94. The van der Waals surface area contributed by atoms with E-state index in [0.717, 1.165) is 18.4 Å². The van der Waals surface area contributed by atoms with E-state index >= 15 is 0 Å². The number of hydrogen-bond donors (Lipinski definition) is 0. The Kier molecular flexibility index (Phi) is 3.83. The smallest absolute Gasteiger partial charge is 0.0982 e. The summed E-state index contributed by atoms with van der Waals surface area (Å²) in [5.74, 6) is 0.698. The molecule has 0 amide bonds. The molecule has 0 fully saturated rings. The number of rotatable bonds is 4. The van der Waals surface area contributed by atoms with E-state index in [1.807, 2.05) is 11.3 Å². The molecule has 0 unspecified atom stereocenters. The average molecular weight is 281 g/mol. The molecule has 0 radical (unpaired) electrons. The Balaban J connectivity index is 1.87. The van der Waals surface area contributed by atoms with E-state index in [2.05, 4.69) is 62.4 Å². The Morgan fingerprint density at radius 2 is 1.80 bits per heavy atom. The van der Waals surface area contributed by atoms with Gasteiger partial charge in [-0.1, -0.05) is 50.2 Å². The van der Waals surface area contributed by atoms with Crippen molar-refractivity contribution in [3.05, 3.63) is 64.7 Å².